The van der Waals surface area contributed by atoms with Gasteiger partial charge in [-0.2, -0.15) is 0 Å². The number of para-hydroxylation sites is 1. The summed E-state index contributed by atoms with van der Waals surface area (Å²) in [5, 5.41) is 14.1. The number of halogens is 2. The average Bonchev–Trinajstić information content (AvgIpc) is 2.93. The maximum absolute atomic E-state index is 12.6. The number of rotatable bonds is 3. The van der Waals surface area contributed by atoms with E-state index in [1.165, 1.54) is 0 Å². The van der Waals surface area contributed by atoms with E-state index in [2.05, 4.69) is 34.7 Å². The first-order valence-corrected chi connectivity index (χ1v) is 7.04. The fourth-order valence-electron chi connectivity index (χ4n) is 2.43. The molecular weight excluding hydrogens is 282 g/mol. The highest BCUT2D eigenvalue weighted by molar-refractivity contribution is 7.15. The van der Waals surface area contributed by atoms with E-state index < -0.39 is 6.43 Å². The molecule has 0 amide bonds. The predicted octanol–water partition coefficient (Wildman–Crippen LogP) is 3.83. The molecule has 0 aliphatic carbocycles. The molecule has 20 heavy (non-hydrogen) atoms. The third kappa shape index (κ3) is 2.22. The Labute approximate surface area is 119 Å². The summed E-state index contributed by atoms with van der Waals surface area (Å²) in [5.41, 5.74) is 1.92. The molecule has 1 aromatic carbocycles. The van der Waals surface area contributed by atoms with Crippen LogP contribution in [0.2, 0.25) is 0 Å². The van der Waals surface area contributed by atoms with Crippen molar-refractivity contribution < 1.29 is 8.78 Å². The number of nitrogens with one attached hydrogen (secondary N) is 2. The monoisotopic (exact) mass is 296 g/mol. The maximum atomic E-state index is 12.6. The van der Waals surface area contributed by atoms with E-state index in [9.17, 15) is 8.78 Å². The van der Waals surface area contributed by atoms with Gasteiger partial charge in [0.05, 0.1) is 11.6 Å². The Kier molecular flexibility index (Phi) is 3.08. The SMILES string of the molecule is CC1(C)Nc2ccccc2C1Nc1nnc(C(F)F)s1. The first kappa shape index (κ1) is 13.2. The minimum Gasteiger partial charge on any atom is -0.377 e. The van der Waals surface area contributed by atoms with Crippen LogP contribution in [0.4, 0.5) is 19.6 Å². The average molecular weight is 296 g/mol. The van der Waals surface area contributed by atoms with Gasteiger partial charge in [-0.3, -0.25) is 0 Å². The second-order valence-electron chi connectivity index (χ2n) is 5.26. The van der Waals surface area contributed by atoms with Crippen molar-refractivity contribution in [1.82, 2.24) is 10.2 Å². The molecule has 1 aromatic heterocycles. The fraction of sp³-hybridized carbons (Fsp3) is 0.385. The molecule has 2 heterocycles. The lowest BCUT2D eigenvalue weighted by Gasteiger charge is -2.28. The van der Waals surface area contributed by atoms with Crippen LogP contribution >= 0.6 is 11.3 Å². The lowest BCUT2D eigenvalue weighted by Crippen LogP contribution is -2.36. The Morgan fingerprint density at radius 2 is 2.05 bits per heavy atom. The van der Waals surface area contributed by atoms with Crippen molar-refractivity contribution in [2.45, 2.75) is 31.9 Å². The Hall–Kier alpha value is -1.76. The molecule has 1 atom stereocenters. The summed E-state index contributed by atoms with van der Waals surface area (Å²) in [6.45, 7) is 4.11. The number of nitrogens with zero attached hydrogens (tertiary/aromatic N) is 2. The smallest absolute Gasteiger partial charge is 0.291 e. The van der Waals surface area contributed by atoms with Crippen molar-refractivity contribution in [2.75, 3.05) is 10.6 Å². The number of fused-ring (bicyclic) bond motifs is 1. The lowest BCUT2D eigenvalue weighted by molar-refractivity contribution is 0.150. The third-order valence-electron chi connectivity index (χ3n) is 3.35. The third-order valence-corrected chi connectivity index (χ3v) is 4.21. The zero-order valence-corrected chi connectivity index (χ0v) is 11.8. The second kappa shape index (κ2) is 4.66. The van der Waals surface area contributed by atoms with E-state index in [1.807, 2.05) is 24.3 Å². The second-order valence-corrected chi connectivity index (χ2v) is 6.27. The van der Waals surface area contributed by atoms with Crippen molar-refractivity contribution in [3.8, 4) is 0 Å². The van der Waals surface area contributed by atoms with Gasteiger partial charge < -0.3 is 10.6 Å². The Morgan fingerprint density at radius 3 is 2.75 bits per heavy atom. The molecule has 4 nitrogen and oxygen atoms in total. The standard InChI is InChI=1S/C13H14F2N4S/c1-13(2)9(7-5-3-4-6-8(7)17-13)16-12-19-18-11(20-12)10(14)15/h3-6,9-10,17H,1-2H3,(H,16,19). The van der Waals surface area contributed by atoms with Crippen LogP contribution in [-0.4, -0.2) is 15.7 Å². The summed E-state index contributed by atoms with van der Waals surface area (Å²) in [6, 6.07) is 7.90. The van der Waals surface area contributed by atoms with Crippen LogP contribution < -0.4 is 10.6 Å². The highest BCUT2D eigenvalue weighted by Gasteiger charge is 2.39. The molecule has 0 fully saturated rings. The summed E-state index contributed by atoms with van der Waals surface area (Å²) in [7, 11) is 0. The fourth-order valence-corrected chi connectivity index (χ4v) is 3.06. The molecule has 0 saturated carbocycles. The van der Waals surface area contributed by atoms with Crippen molar-refractivity contribution in [3.63, 3.8) is 0 Å². The Morgan fingerprint density at radius 1 is 1.30 bits per heavy atom. The van der Waals surface area contributed by atoms with Gasteiger partial charge >= 0.3 is 0 Å². The highest BCUT2D eigenvalue weighted by atomic mass is 32.1. The van der Waals surface area contributed by atoms with Crippen molar-refractivity contribution in [1.29, 1.82) is 0 Å². The van der Waals surface area contributed by atoms with Crippen LogP contribution in [0.5, 0.6) is 0 Å². The number of hydrogen-bond donors (Lipinski definition) is 2. The van der Waals surface area contributed by atoms with Gasteiger partial charge in [0.1, 0.15) is 0 Å². The molecule has 7 heteroatoms. The molecular formula is C13H14F2N4S. The van der Waals surface area contributed by atoms with E-state index in [1.54, 1.807) is 0 Å². The molecule has 1 unspecified atom stereocenters. The van der Waals surface area contributed by atoms with Crippen molar-refractivity contribution >= 4 is 22.2 Å². The Balaban J connectivity index is 1.89. The van der Waals surface area contributed by atoms with Crippen LogP contribution in [0, 0.1) is 0 Å². The molecule has 2 N–H and O–H groups in total. The van der Waals surface area contributed by atoms with Gasteiger partial charge in [0, 0.05) is 5.69 Å². The van der Waals surface area contributed by atoms with E-state index in [-0.39, 0.29) is 16.6 Å². The topological polar surface area (TPSA) is 49.8 Å². The van der Waals surface area contributed by atoms with Gasteiger partial charge in [-0.15, -0.1) is 10.2 Å². The zero-order chi connectivity index (χ0) is 14.3. The largest absolute Gasteiger partial charge is 0.377 e. The molecule has 106 valence electrons. The molecule has 0 radical (unpaired) electrons. The Bertz CT molecular complexity index is 626. The highest BCUT2D eigenvalue weighted by Crippen LogP contribution is 2.43. The van der Waals surface area contributed by atoms with Crippen LogP contribution in [0.1, 0.15) is 36.9 Å². The first-order chi connectivity index (χ1) is 9.47. The van der Waals surface area contributed by atoms with E-state index in [0.717, 1.165) is 22.6 Å². The van der Waals surface area contributed by atoms with Crippen LogP contribution in [0.15, 0.2) is 24.3 Å². The van der Waals surface area contributed by atoms with Gasteiger partial charge in [0.15, 0.2) is 5.01 Å². The minimum absolute atomic E-state index is 0.0443. The normalized spacial score (nSPS) is 19.8. The van der Waals surface area contributed by atoms with Gasteiger partial charge in [-0.05, 0) is 25.5 Å². The van der Waals surface area contributed by atoms with Gasteiger partial charge in [-0.25, -0.2) is 8.78 Å². The summed E-state index contributed by atoms with van der Waals surface area (Å²) >= 11 is 0.892. The van der Waals surface area contributed by atoms with Crippen molar-refractivity contribution in [2.24, 2.45) is 0 Å². The maximum Gasteiger partial charge on any atom is 0.291 e. The number of hydrogen-bond acceptors (Lipinski definition) is 5. The van der Waals surface area contributed by atoms with E-state index >= 15 is 0 Å². The first-order valence-electron chi connectivity index (χ1n) is 6.22. The quantitative estimate of drug-likeness (QED) is 0.903. The molecule has 1 aliphatic heterocycles. The van der Waals surface area contributed by atoms with Gasteiger partial charge in [0.25, 0.3) is 6.43 Å². The summed E-state index contributed by atoms with van der Waals surface area (Å²) < 4.78 is 25.1. The minimum atomic E-state index is -2.58. The zero-order valence-electron chi connectivity index (χ0n) is 11.0. The summed E-state index contributed by atoms with van der Waals surface area (Å²) in [6.07, 6.45) is -2.58. The van der Waals surface area contributed by atoms with Crippen LogP contribution in [0.25, 0.3) is 0 Å². The number of alkyl halides is 2. The molecule has 1 aliphatic rings. The summed E-state index contributed by atoms with van der Waals surface area (Å²) in [4.78, 5) is 0. The van der Waals surface area contributed by atoms with E-state index in [4.69, 9.17) is 0 Å². The number of anilines is 2. The molecule has 0 bridgehead atoms. The van der Waals surface area contributed by atoms with Crippen LogP contribution in [-0.2, 0) is 0 Å². The van der Waals surface area contributed by atoms with E-state index in [0.29, 0.717) is 5.13 Å². The number of aromatic nitrogens is 2. The summed E-state index contributed by atoms with van der Waals surface area (Å²) in [5.74, 6) is 0. The molecule has 3 rings (SSSR count). The molecule has 0 spiro atoms. The van der Waals surface area contributed by atoms with Crippen LogP contribution in [0.3, 0.4) is 0 Å². The predicted molar refractivity (Wildman–Crippen MR) is 75.4 cm³/mol. The van der Waals surface area contributed by atoms with Crippen molar-refractivity contribution in [3.05, 3.63) is 34.8 Å². The number of benzene rings is 1. The lowest BCUT2D eigenvalue weighted by atomic mass is 9.93. The molecule has 2 aromatic rings. The molecule has 0 saturated heterocycles. The van der Waals surface area contributed by atoms with Gasteiger partial charge in [-0.1, -0.05) is 29.5 Å². The van der Waals surface area contributed by atoms with Gasteiger partial charge in [0.2, 0.25) is 5.13 Å².